The van der Waals surface area contributed by atoms with E-state index in [1.165, 1.54) is 24.4 Å². The molecule has 0 aliphatic carbocycles. The lowest BCUT2D eigenvalue weighted by Gasteiger charge is -2.20. The molecule has 2 saturated heterocycles. The average molecular weight is 559 g/mol. The first-order chi connectivity index (χ1) is 19.1. The third kappa shape index (κ3) is 5.19. The SMILES string of the molecule is FC(F)(F)c1ccc(Nc2nc(CC3CCN4CCCC34)nc3cc(-c4ncccc4C(F)(F)F)ccc23)cn1. The molecule has 0 radical (unpaired) electrons. The molecule has 2 fully saturated rings. The van der Waals surface area contributed by atoms with E-state index in [0.29, 0.717) is 40.9 Å². The van der Waals surface area contributed by atoms with Crippen LogP contribution in [-0.2, 0) is 18.8 Å². The van der Waals surface area contributed by atoms with E-state index in [4.69, 9.17) is 9.97 Å². The average Bonchev–Trinajstić information content (AvgIpc) is 3.53. The number of fused-ring (bicyclic) bond motifs is 2. The van der Waals surface area contributed by atoms with Gasteiger partial charge in [-0.25, -0.2) is 15.0 Å². The molecule has 6 nitrogen and oxygen atoms in total. The van der Waals surface area contributed by atoms with Gasteiger partial charge in [-0.15, -0.1) is 0 Å². The first-order valence-electron chi connectivity index (χ1n) is 12.9. The van der Waals surface area contributed by atoms with E-state index in [2.05, 4.69) is 20.2 Å². The Kier molecular flexibility index (Phi) is 6.60. The zero-order chi connectivity index (χ0) is 28.1. The first kappa shape index (κ1) is 26.4. The Morgan fingerprint density at radius 1 is 0.900 bits per heavy atom. The Morgan fingerprint density at radius 2 is 1.75 bits per heavy atom. The molecule has 40 heavy (non-hydrogen) atoms. The molecule has 6 rings (SSSR count). The van der Waals surface area contributed by atoms with Gasteiger partial charge in [0.2, 0.25) is 0 Å². The number of hydrogen-bond acceptors (Lipinski definition) is 6. The van der Waals surface area contributed by atoms with Crippen LogP contribution in [0.15, 0.2) is 54.9 Å². The molecule has 0 amide bonds. The minimum absolute atomic E-state index is 0.212. The van der Waals surface area contributed by atoms with Gasteiger partial charge >= 0.3 is 12.4 Å². The molecular formula is C28H24F6N6. The third-order valence-electron chi connectivity index (χ3n) is 7.64. The maximum Gasteiger partial charge on any atom is 0.433 e. The summed E-state index contributed by atoms with van der Waals surface area (Å²) >= 11 is 0. The van der Waals surface area contributed by atoms with E-state index in [0.717, 1.165) is 50.7 Å². The van der Waals surface area contributed by atoms with Crippen LogP contribution < -0.4 is 5.32 Å². The minimum atomic E-state index is -4.59. The predicted molar refractivity (Wildman–Crippen MR) is 137 cm³/mol. The molecule has 0 bridgehead atoms. The van der Waals surface area contributed by atoms with Gasteiger partial charge in [0, 0.05) is 29.6 Å². The Morgan fingerprint density at radius 3 is 2.50 bits per heavy atom. The number of hydrogen-bond donors (Lipinski definition) is 1. The van der Waals surface area contributed by atoms with Crippen LogP contribution in [0.4, 0.5) is 37.8 Å². The fourth-order valence-corrected chi connectivity index (χ4v) is 5.81. The zero-order valence-corrected chi connectivity index (χ0v) is 21.1. The zero-order valence-electron chi connectivity index (χ0n) is 21.1. The third-order valence-corrected chi connectivity index (χ3v) is 7.64. The molecule has 2 aliphatic heterocycles. The lowest BCUT2D eigenvalue weighted by atomic mass is 9.94. The van der Waals surface area contributed by atoms with Crippen LogP contribution in [0, 0.1) is 5.92 Å². The van der Waals surface area contributed by atoms with Gasteiger partial charge in [0.25, 0.3) is 0 Å². The standard InChI is InChI=1S/C28H24F6N6/c29-27(30,31)20-3-1-10-35-25(20)17-5-7-19-21(13-17)38-24(14-16-9-12-40-11-2-4-22(16)40)39-26(19)37-18-6-8-23(36-15-18)28(32,33)34/h1,3,5-8,10,13,15-16,22H,2,4,9,11-12,14H2,(H,37,38,39). The molecule has 208 valence electrons. The fraction of sp³-hybridized carbons (Fsp3) is 0.357. The molecule has 2 unspecified atom stereocenters. The summed E-state index contributed by atoms with van der Waals surface area (Å²) in [7, 11) is 0. The van der Waals surface area contributed by atoms with Gasteiger partial charge in [0.05, 0.1) is 28.7 Å². The molecule has 3 aromatic heterocycles. The molecule has 2 atom stereocenters. The van der Waals surface area contributed by atoms with Crippen LogP contribution in [0.2, 0.25) is 0 Å². The quantitative estimate of drug-likeness (QED) is 0.269. The first-order valence-corrected chi connectivity index (χ1v) is 12.9. The molecule has 5 heterocycles. The highest BCUT2D eigenvalue weighted by molar-refractivity contribution is 5.93. The second kappa shape index (κ2) is 9.99. The Labute approximate surface area is 225 Å². The molecule has 0 spiro atoms. The van der Waals surface area contributed by atoms with Crippen LogP contribution in [0.1, 0.15) is 36.3 Å². The number of alkyl halides is 6. The lowest BCUT2D eigenvalue weighted by molar-refractivity contribution is -0.141. The van der Waals surface area contributed by atoms with Crippen molar-refractivity contribution in [3.8, 4) is 11.3 Å². The maximum absolute atomic E-state index is 13.7. The summed E-state index contributed by atoms with van der Waals surface area (Å²) in [6.45, 7) is 2.08. The smallest absolute Gasteiger partial charge is 0.338 e. The number of aromatic nitrogens is 4. The van der Waals surface area contributed by atoms with Gasteiger partial charge in [-0.2, -0.15) is 26.3 Å². The van der Waals surface area contributed by atoms with Crippen molar-refractivity contribution in [2.24, 2.45) is 5.92 Å². The Balaban J connectivity index is 1.41. The largest absolute Gasteiger partial charge is 0.433 e. The molecular weight excluding hydrogens is 534 g/mol. The molecule has 2 aliphatic rings. The van der Waals surface area contributed by atoms with Gasteiger partial charge in [-0.05, 0) is 74.7 Å². The highest BCUT2D eigenvalue weighted by Crippen LogP contribution is 2.38. The van der Waals surface area contributed by atoms with Crippen LogP contribution in [0.5, 0.6) is 0 Å². The van der Waals surface area contributed by atoms with Crippen molar-refractivity contribution >= 4 is 22.4 Å². The molecule has 1 N–H and O–H groups in total. The Hall–Kier alpha value is -3.80. The van der Waals surface area contributed by atoms with Crippen molar-refractivity contribution in [2.75, 3.05) is 18.4 Å². The minimum Gasteiger partial charge on any atom is -0.338 e. The highest BCUT2D eigenvalue weighted by atomic mass is 19.4. The second-order valence-corrected chi connectivity index (χ2v) is 10.2. The van der Waals surface area contributed by atoms with E-state index in [1.54, 1.807) is 12.1 Å². The van der Waals surface area contributed by atoms with Crippen molar-refractivity contribution in [3.05, 3.63) is 71.9 Å². The van der Waals surface area contributed by atoms with Crippen LogP contribution in [0.25, 0.3) is 22.2 Å². The molecule has 12 heteroatoms. The number of benzene rings is 1. The van der Waals surface area contributed by atoms with Crippen molar-refractivity contribution < 1.29 is 26.3 Å². The summed E-state index contributed by atoms with van der Waals surface area (Å²) in [4.78, 5) is 19.4. The number of halogens is 6. The summed E-state index contributed by atoms with van der Waals surface area (Å²) < 4.78 is 80.1. The number of pyridine rings is 2. The van der Waals surface area contributed by atoms with E-state index in [-0.39, 0.29) is 16.9 Å². The summed E-state index contributed by atoms with van der Waals surface area (Å²) in [6, 6.07) is 9.45. The number of nitrogens with zero attached hydrogens (tertiary/aromatic N) is 5. The van der Waals surface area contributed by atoms with Crippen LogP contribution in [0.3, 0.4) is 0 Å². The van der Waals surface area contributed by atoms with Gasteiger partial charge < -0.3 is 10.2 Å². The normalized spacial score (nSPS) is 19.8. The van der Waals surface area contributed by atoms with Crippen LogP contribution >= 0.6 is 0 Å². The molecule has 0 saturated carbocycles. The topological polar surface area (TPSA) is 66.8 Å². The second-order valence-electron chi connectivity index (χ2n) is 10.2. The van der Waals surface area contributed by atoms with Crippen molar-refractivity contribution in [3.63, 3.8) is 0 Å². The van der Waals surface area contributed by atoms with Crippen molar-refractivity contribution in [2.45, 2.75) is 44.1 Å². The molecule has 4 aromatic rings. The predicted octanol–water partition coefficient (Wildman–Crippen LogP) is 6.89. The summed E-state index contributed by atoms with van der Waals surface area (Å²) in [6.07, 6.45) is -2.96. The summed E-state index contributed by atoms with van der Waals surface area (Å²) in [5.41, 5.74) is -1.15. The maximum atomic E-state index is 13.7. The summed E-state index contributed by atoms with van der Waals surface area (Å²) in [5.74, 6) is 1.20. The fourth-order valence-electron chi connectivity index (χ4n) is 5.81. The monoisotopic (exact) mass is 558 g/mol. The van der Waals surface area contributed by atoms with E-state index in [9.17, 15) is 26.3 Å². The van der Waals surface area contributed by atoms with Gasteiger partial charge in [-0.3, -0.25) is 4.98 Å². The van der Waals surface area contributed by atoms with Gasteiger partial charge in [-0.1, -0.05) is 6.07 Å². The number of rotatable bonds is 5. The van der Waals surface area contributed by atoms with Crippen molar-refractivity contribution in [1.29, 1.82) is 0 Å². The number of nitrogens with one attached hydrogen (secondary N) is 1. The van der Waals surface area contributed by atoms with E-state index < -0.39 is 23.6 Å². The van der Waals surface area contributed by atoms with E-state index in [1.807, 2.05) is 0 Å². The highest BCUT2D eigenvalue weighted by Gasteiger charge is 2.38. The van der Waals surface area contributed by atoms with Gasteiger partial charge in [0.15, 0.2) is 0 Å². The molecule has 1 aromatic carbocycles. The van der Waals surface area contributed by atoms with E-state index >= 15 is 0 Å². The summed E-state index contributed by atoms with van der Waals surface area (Å²) in [5, 5.41) is 3.55. The number of anilines is 2. The van der Waals surface area contributed by atoms with Crippen LogP contribution in [-0.4, -0.2) is 44.0 Å². The van der Waals surface area contributed by atoms with Crippen molar-refractivity contribution in [1.82, 2.24) is 24.8 Å². The lowest BCUT2D eigenvalue weighted by Crippen LogP contribution is -2.27. The Bertz CT molecular complexity index is 1540. The van der Waals surface area contributed by atoms with Gasteiger partial charge in [0.1, 0.15) is 17.3 Å².